The van der Waals surface area contributed by atoms with Crippen LogP contribution in [0.1, 0.15) is 30.9 Å². The van der Waals surface area contributed by atoms with Crippen molar-refractivity contribution < 1.29 is 4.79 Å². The molecule has 0 bridgehead atoms. The maximum absolute atomic E-state index is 12.0. The number of rotatable bonds is 10. The van der Waals surface area contributed by atoms with Crippen LogP contribution in [-0.4, -0.2) is 31.5 Å². The first-order valence-electron chi connectivity index (χ1n) is 9.64. The fourth-order valence-electron chi connectivity index (χ4n) is 2.64. The first-order chi connectivity index (χ1) is 13.3. The van der Waals surface area contributed by atoms with Crippen LogP contribution >= 0.6 is 0 Å². The van der Waals surface area contributed by atoms with Crippen molar-refractivity contribution in [3.05, 3.63) is 71.8 Å². The number of carbonyl (C=O) groups is 1. The van der Waals surface area contributed by atoms with Gasteiger partial charge in [0, 0.05) is 32.6 Å². The minimum absolute atomic E-state index is 0.0336. The van der Waals surface area contributed by atoms with E-state index in [-0.39, 0.29) is 5.91 Å². The fourth-order valence-corrected chi connectivity index (χ4v) is 2.64. The molecule has 0 aliphatic heterocycles. The number of hydrogen-bond acceptors (Lipinski definition) is 2. The van der Waals surface area contributed by atoms with E-state index in [1.54, 1.807) is 0 Å². The summed E-state index contributed by atoms with van der Waals surface area (Å²) in [5.41, 5.74) is 2.44. The van der Waals surface area contributed by atoms with Crippen LogP contribution < -0.4 is 16.0 Å². The summed E-state index contributed by atoms with van der Waals surface area (Å²) >= 11 is 0. The minimum atomic E-state index is 0.0336. The molecule has 0 aromatic heterocycles. The summed E-state index contributed by atoms with van der Waals surface area (Å²) in [6.45, 7) is 4.71. The van der Waals surface area contributed by atoms with Crippen LogP contribution in [0.15, 0.2) is 65.7 Å². The monoisotopic (exact) mass is 366 g/mol. The van der Waals surface area contributed by atoms with Gasteiger partial charge >= 0.3 is 0 Å². The van der Waals surface area contributed by atoms with E-state index in [0.717, 1.165) is 37.5 Å². The van der Waals surface area contributed by atoms with Crippen LogP contribution in [0.3, 0.4) is 0 Å². The molecule has 0 unspecified atom stereocenters. The molecule has 2 aromatic rings. The molecule has 0 saturated heterocycles. The van der Waals surface area contributed by atoms with Gasteiger partial charge < -0.3 is 16.0 Å². The summed E-state index contributed by atoms with van der Waals surface area (Å²) in [5.74, 6) is 0.799. The molecule has 0 spiro atoms. The third-order valence-corrected chi connectivity index (χ3v) is 4.06. The molecule has 0 atom stereocenters. The van der Waals surface area contributed by atoms with Crippen molar-refractivity contribution in [3.8, 4) is 0 Å². The maximum Gasteiger partial charge on any atom is 0.222 e. The molecule has 144 valence electrons. The first-order valence-corrected chi connectivity index (χ1v) is 9.64. The lowest BCUT2D eigenvalue weighted by molar-refractivity contribution is -0.121. The summed E-state index contributed by atoms with van der Waals surface area (Å²) in [6, 6.07) is 20.4. The van der Waals surface area contributed by atoms with Crippen molar-refractivity contribution in [1.29, 1.82) is 0 Å². The number of carbonyl (C=O) groups excluding carboxylic acids is 1. The molecule has 0 saturated carbocycles. The molecule has 2 aromatic carbocycles. The van der Waals surface area contributed by atoms with Crippen molar-refractivity contribution in [2.24, 2.45) is 4.99 Å². The molecule has 5 nitrogen and oxygen atoms in total. The standard InChI is InChI=1S/C22H30N4O/c1-2-23-22(24-16-9-14-19-10-5-3-6-11-19)25-17-15-21(27)26-18-20-12-7-4-8-13-20/h3-8,10-13H,2,9,14-18H2,1H3,(H,26,27)(H2,23,24,25). The van der Waals surface area contributed by atoms with Crippen molar-refractivity contribution in [2.45, 2.75) is 32.7 Å². The highest BCUT2D eigenvalue weighted by molar-refractivity contribution is 5.81. The van der Waals surface area contributed by atoms with Crippen molar-refractivity contribution in [3.63, 3.8) is 0 Å². The zero-order valence-electron chi connectivity index (χ0n) is 16.1. The topological polar surface area (TPSA) is 65.5 Å². The Morgan fingerprint density at radius 3 is 2.22 bits per heavy atom. The lowest BCUT2D eigenvalue weighted by Gasteiger charge is -2.11. The van der Waals surface area contributed by atoms with Gasteiger partial charge in [-0.2, -0.15) is 0 Å². The second kappa shape index (κ2) is 12.5. The molecular formula is C22H30N4O. The van der Waals surface area contributed by atoms with Crippen LogP contribution in [0, 0.1) is 0 Å². The lowest BCUT2D eigenvalue weighted by atomic mass is 10.1. The van der Waals surface area contributed by atoms with Gasteiger partial charge in [0.05, 0.1) is 0 Å². The highest BCUT2D eigenvalue weighted by Gasteiger charge is 2.03. The Kier molecular flexibility index (Phi) is 9.50. The molecule has 1 amide bonds. The Hall–Kier alpha value is -2.82. The van der Waals surface area contributed by atoms with Crippen molar-refractivity contribution in [2.75, 3.05) is 19.6 Å². The zero-order valence-corrected chi connectivity index (χ0v) is 16.1. The van der Waals surface area contributed by atoms with E-state index in [2.05, 4.69) is 45.2 Å². The SMILES string of the molecule is CCNC(=NCCCc1ccccc1)NCCC(=O)NCc1ccccc1. The van der Waals surface area contributed by atoms with Gasteiger partial charge in [-0.1, -0.05) is 60.7 Å². The van der Waals surface area contributed by atoms with Gasteiger partial charge in [-0.05, 0) is 30.9 Å². The van der Waals surface area contributed by atoms with Gasteiger partial charge in [-0.3, -0.25) is 9.79 Å². The van der Waals surface area contributed by atoms with Crippen molar-refractivity contribution >= 4 is 11.9 Å². The zero-order chi connectivity index (χ0) is 19.2. The van der Waals surface area contributed by atoms with Gasteiger partial charge in [0.15, 0.2) is 5.96 Å². The number of nitrogens with zero attached hydrogens (tertiary/aromatic N) is 1. The van der Waals surface area contributed by atoms with Crippen LogP contribution in [0.5, 0.6) is 0 Å². The van der Waals surface area contributed by atoms with Gasteiger partial charge in [0.2, 0.25) is 5.91 Å². The average molecular weight is 367 g/mol. The summed E-state index contributed by atoms with van der Waals surface area (Å²) < 4.78 is 0. The Balaban J connectivity index is 1.64. The predicted molar refractivity (Wildman–Crippen MR) is 112 cm³/mol. The van der Waals surface area contributed by atoms with E-state index < -0.39 is 0 Å². The second-order valence-electron chi connectivity index (χ2n) is 6.29. The summed E-state index contributed by atoms with van der Waals surface area (Å²) in [7, 11) is 0. The van der Waals surface area contributed by atoms with E-state index >= 15 is 0 Å². The third-order valence-electron chi connectivity index (χ3n) is 4.06. The molecule has 0 aliphatic carbocycles. The Morgan fingerprint density at radius 2 is 1.56 bits per heavy atom. The number of guanidine groups is 1. The Bertz CT molecular complexity index is 686. The smallest absolute Gasteiger partial charge is 0.222 e. The highest BCUT2D eigenvalue weighted by atomic mass is 16.1. The van der Waals surface area contributed by atoms with E-state index in [0.29, 0.717) is 19.5 Å². The van der Waals surface area contributed by atoms with Gasteiger partial charge in [-0.15, -0.1) is 0 Å². The van der Waals surface area contributed by atoms with Gasteiger partial charge in [0.1, 0.15) is 0 Å². The highest BCUT2D eigenvalue weighted by Crippen LogP contribution is 2.02. The van der Waals surface area contributed by atoms with Gasteiger partial charge in [0.25, 0.3) is 0 Å². The second-order valence-corrected chi connectivity index (χ2v) is 6.29. The average Bonchev–Trinajstić information content (AvgIpc) is 2.71. The van der Waals surface area contributed by atoms with E-state index in [1.807, 2.05) is 43.3 Å². The lowest BCUT2D eigenvalue weighted by Crippen LogP contribution is -2.39. The quantitative estimate of drug-likeness (QED) is 0.344. The number of hydrogen-bond donors (Lipinski definition) is 3. The molecule has 5 heteroatoms. The minimum Gasteiger partial charge on any atom is -0.357 e. The number of amides is 1. The molecular weight excluding hydrogens is 336 g/mol. The third kappa shape index (κ3) is 8.90. The van der Waals surface area contributed by atoms with Crippen LogP contribution in [0.4, 0.5) is 0 Å². The molecule has 0 radical (unpaired) electrons. The Morgan fingerprint density at radius 1 is 0.889 bits per heavy atom. The largest absolute Gasteiger partial charge is 0.357 e. The van der Waals surface area contributed by atoms with Crippen LogP contribution in [-0.2, 0) is 17.8 Å². The molecule has 0 fully saturated rings. The summed E-state index contributed by atoms with van der Waals surface area (Å²) in [4.78, 5) is 16.5. The molecule has 0 heterocycles. The van der Waals surface area contributed by atoms with Crippen LogP contribution in [0.2, 0.25) is 0 Å². The number of aryl methyl sites for hydroxylation is 1. The molecule has 0 aliphatic rings. The Labute approximate surface area is 162 Å². The molecule has 27 heavy (non-hydrogen) atoms. The van der Waals surface area contributed by atoms with E-state index in [4.69, 9.17) is 0 Å². The number of aliphatic imine (C=N–C) groups is 1. The maximum atomic E-state index is 12.0. The van der Waals surface area contributed by atoms with E-state index in [9.17, 15) is 4.79 Å². The summed E-state index contributed by atoms with van der Waals surface area (Å²) in [5, 5.41) is 9.38. The van der Waals surface area contributed by atoms with Crippen molar-refractivity contribution in [1.82, 2.24) is 16.0 Å². The number of benzene rings is 2. The normalized spacial score (nSPS) is 11.1. The van der Waals surface area contributed by atoms with Crippen LogP contribution in [0.25, 0.3) is 0 Å². The number of nitrogens with one attached hydrogen (secondary N) is 3. The predicted octanol–water partition coefficient (Wildman–Crippen LogP) is 2.88. The summed E-state index contributed by atoms with van der Waals surface area (Å²) in [6.07, 6.45) is 2.44. The first kappa shape index (κ1) is 20.5. The molecule has 3 N–H and O–H groups in total. The van der Waals surface area contributed by atoms with Gasteiger partial charge in [-0.25, -0.2) is 0 Å². The molecule has 2 rings (SSSR count). The fraction of sp³-hybridized carbons (Fsp3) is 0.364. The van der Waals surface area contributed by atoms with E-state index in [1.165, 1.54) is 5.56 Å².